The molecule has 0 saturated carbocycles. The average molecular weight is 364 g/mol. The molecular formula is C21H24N4O2. The van der Waals surface area contributed by atoms with E-state index >= 15 is 0 Å². The van der Waals surface area contributed by atoms with Crippen molar-refractivity contribution in [2.75, 3.05) is 44.2 Å². The molecule has 27 heavy (non-hydrogen) atoms. The van der Waals surface area contributed by atoms with Crippen molar-refractivity contribution < 1.29 is 9.21 Å². The van der Waals surface area contributed by atoms with E-state index in [-0.39, 0.29) is 5.91 Å². The van der Waals surface area contributed by atoms with Crippen LogP contribution in [-0.4, -0.2) is 55.1 Å². The third kappa shape index (κ3) is 4.28. The van der Waals surface area contributed by atoms with Crippen LogP contribution in [0, 0.1) is 0 Å². The highest BCUT2D eigenvalue weighted by Crippen LogP contribution is 2.18. The summed E-state index contributed by atoms with van der Waals surface area (Å²) in [6.07, 6.45) is 4.61. The molecule has 1 amide bonds. The molecule has 1 aliphatic heterocycles. The number of aromatic nitrogens is 1. The van der Waals surface area contributed by atoms with Crippen LogP contribution in [0.3, 0.4) is 0 Å². The van der Waals surface area contributed by atoms with Crippen LogP contribution in [0.15, 0.2) is 59.3 Å². The molecule has 0 bridgehead atoms. The highest BCUT2D eigenvalue weighted by molar-refractivity contribution is 5.96. The number of nitrogens with zero attached hydrogens (tertiary/aromatic N) is 3. The lowest BCUT2D eigenvalue weighted by molar-refractivity contribution is 0.0926. The van der Waals surface area contributed by atoms with E-state index in [2.05, 4.69) is 32.2 Å². The molecule has 1 saturated heterocycles. The van der Waals surface area contributed by atoms with Gasteiger partial charge in [0.15, 0.2) is 5.76 Å². The lowest BCUT2D eigenvalue weighted by Gasteiger charge is -2.36. The first kappa shape index (κ1) is 17.5. The van der Waals surface area contributed by atoms with Gasteiger partial charge in [0.25, 0.3) is 5.91 Å². The van der Waals surface area contributed by atoms with E-state index < -0.39 is 0 Å². The maximum absolute atomic E-state index is 12.2. The number of nitrogens with one attached hydrogen (secondary N) is 1. The Balaban J connectivity index is 1.18. The van der Waals surface area contributed by atoms with E-state index in [4.69, 9.17) is 4.42 Å². The van der Waals surface area contributed by atoms with Crippen molar-refractivity contribution in [1.82, 2.24) is 15.2 Å². The van der Waals surface area contributed by atoms with Gasteiger partial charge in [-0.2, -0.15) is 0 Å². The number of amides is 1. The Labute approximate surface area is 158 Å². The van der Waals surface area contributed by atoms with Crippen molar-refractivity contribution in [2.24, 2.45) is 0 Å². The number of furan rings is 1. The molecule has 0 atom stereocenters. The third-order valence-corrected chi connectivity index (χ3v) is 4.99. The number of pyridine rings is 1. The summed E-state index contributed by atoms with van der Waals surface area (Å²) in [7, 11) is 0. The minimum atomic E-state index is -0.145. The van der Waals surface area contributed by atoms with Gasteiger partial charge in [-0.3, -0.25) is 14.7 Å². The molecule has 3 heterocycles. The highest BCUT2D eigenvalue weighted by Gasteiger charge is 2.17. The monoisotopic (exact) mass is 364 g/mol. The Hall–Kier alpha value is -2.86. The molecule has 0 unspecified atom stereocenters. The molecule has 1 N–H and O–H groups in total. The van der Waals surface area contributed by atoms with E-state index in [0.29, 0.717) is 12.3 Å². The average Bonchev–Trinajstić information content (AvgIpc) is 3.17. The molecule has 1 aliphatic rings. The summed E-state index contributed by atoms with van der Waals surface area (Å²) in [5.74, 6) is 0.232. The fourth-order valence-electron chi connectivity index (χ4n) is 3.47. The number of carbonyl (C=O) groups excluding carboxylic acids is 1. The van der Waals surface area contributed by atoms with Crippen LogP contribution in [-0.2, 0) is 0 Å². The summed E-state index contributed by atoms with van der Waals surface area (Å²) in [6.45, 7) is 5.77. The quantitative estimate of drug-likeness (QED) is 0.682. The molecule has 3 aromatic rings. The van der Waals surface area contributed by atoms with E-state index in [0.717, 1.165) is 50.1 Å². The molecule has 2 aromatic heterocycles. The highest BCUT2D eigenvalue weighted by atomic mass is 16.3. The van der Waals surface area contributed by atoms with Gasteiger partial charge in [-0.05, 0) is 37.2 Å². The number of para-hydroxylation sites is 1. The van der Waals surface area contributed by atoms with Gasteiger partial charge in [0.2, 0.25) is 0 Å². The number of fused-ring (bicyclic) bond motifs is 1. The van der Waals surface area contributed by atoms with E-state index in [9.17, 15) is 4.79 Å². The first-order chi connectivity index (χ1) is 13.3. The number of rotatable bonds is 6. The van der Waals surface area contributed by atoms with Crippen molar-refractivity contribution in [2.45, 2.75) is 6.42 Å². The summed E-state index contributed by atoms with van der Waals surface area (Å²) >= 11 is 0. The van der Waals surface area contributed by atoms with Gasteiger partial charge in [0.05, 0.1) is 0 Å². The normalized spacial score (nSPS) is 15.2. The number of hydrogen-bond donors (Lipinski definition) is 1. The van der Waals surface area contributed by atoms with Crippen LogP contribution in [0.1, 0.15) is 17.0 Å². The zero-order valence-corrected chi connectivity index (χ0v) is 15.3. The van der Waals surface area contributed by atoms with Gasteiger partial charge < -0.3 is 14.6 Å². The molecule has 0 aliphatic carbocycles. The number of hydrogen-bond acceptors (Lipinski definition) is 5. The predicted molar refractivity (Wildman–Crippen MR) is 106 cm³/mol. The molecule has 1 fully saturated rings. The first-order valence-corrected chi connectivity index (χ1v) is 9.44. The number of piperazine rings is 1. The van der Waals surface area contributed by atoms with E-state index in [1.807, 2.05) is 36.7 Å². The van der Waals surface area contributed by atoms with Gasteiger partial charge in [0.1, 0.15) is 5.58 Å². The van der Waals surface area contributed by atoms with Gasteiger partial charge in [-0.15, -0.1) is 0 Å². The van der Waals surface area contributed by atoms with Crippen LogP contribution >= 0.6 is 0 Å². The topological polar surface area (TPSA) is 61.6 Å². The molecule has 140 valence electrons. The lowest BCUT2D eigenvalue weighted by atomic mass is 10.2. The van der Waals surface area contributed by atoms with Crippen LogP contribution in [0.25, 0.3) is 11.0 Å². The Morgan fingerprint density at radius 3 is 2.63 bits per heavy atom. The fraction of sp³-hybridized carbons (Fsp3) is 0.333. The Morgan fingerprint density at radius 2 is 1.85 bits per heavy atom. The van der Waals surface area contributed by atoms with Crippen molar-refractivity contribution in [3.05, 3.63) is 60.6 Å². The van der Waals surface area contributed by atoms with E-state index in [1.54, 1.807) is 6.07 Å². The van der Waals surface area contributed by atoms with Crippen LogP contribution in [0.5, 0.6) is 0 Å². The zero-order valence-electron chi connectivity index (χ0n) is 15.3. The van der Waals surface area contributed by atoms with Gasteiger partial charge in [-0.25, -0.2) is 0 Å². The smallest absolute Gasteiger partial charge is 0.287 e. The lowest BCUT2D eigenvalue weighted by Crippen LogP contribution is -2.47. The van der Waals surface area contributed by atoms with Gasteiger partial charge in [0, 0.05) is 56.2 Å². The summed E-state index contributed by atoms with van der Waals surface area (Å²) in [5, 5.41) is 3.91. The third-order valence-electron chi connectivity index (χ3n) is 4.99. The van der Waals surface area contributed by atoms with Crippen LogP contribution in [0.4, 0.5) is 5.69 Å². The molecule has 0 spiro atoms. The number of anilines is 1. The van der Waals surface area contributed by atoms with Crippen molar-refractivity contribution in [3.8, 4) is 0 Å². The van der Waals surface area contributed by atoms with Gasteiger partial charge in [-0.1, -0.05) is 18.2 Å². The summed E-state index contributed by atoms with van der Waals surface area (Å²) in [5.41, 5.74) is 1.98. The molecule has 0 radical (unpaired) electrons. The Morgan fingerprint density at radius 1 is 1.07 bits per heavy atom. The summed E-state index contributed by atoms with van der Waals surface area (Å²) in [6, 6.07) is 13.6. The van der Waals surface area contributed by atoms with Crippen molar-refractivity contribution >= 4 is 22.6 Å². The standard InChI is InChI=1S/C21H24N4O2/c26-21(20-16-17-4-1-2-5-19(17)27-20)23-8-3-11-24-12-14-25(15-13-24)18-6-9-22-10-7-18/h1-2,4-7,9-10,16H,3,8,11-15H2,(H,23,26). The summed E-state index contributed by atoms with van der Waals surface area (Å²) < 4.78 is 5.60. The zero-order chi connectivity index (χ0) is 18.5. The number of carbonyl (C=O) groups is 1. The van der Waals surface area contributed by atoms with Gasteiger partial charge >= 0.3 is 0 Å². The minimum Gasteiger partial charge on any atom is -0.451 e. The molecule has 6 nitrogen and oxygen atoms in total. The second-order valence-corrected chi connectivity index (χ2v) is 6.79. The Kier molecular flexibility index (Phi) is 5.34. The maximum Gasteiger partial charge on any atom is 0.287 e. The minimum absolute atomic E-state index is 0.145. The summed E-state index contributed by atoms with van der Waals surface area (Å²) in [4.78, 5) is 21.2. The van der Waals surface area contributed by atoms with Crippen LogP contribution in [0.2, 0.25) is 0 Å². The molecular weight excluding hydrogens is 340 g/mol. The molecule has 6 heteroatoms. The molecule has 1 aromatic carbocycles. The van der Waals surface area contributed by atoms with Crippen molar-refractivity contribution in [1.29, 1.82) is 0 Å². The molecule has 4 rings (SSSR count). The second kappa shape index (κ2) is 8.22. The van der Waals surface area contributed by atoms with Crippen molar-refractivity contribution in [3.63, 3.8) is 0 Å². The predicted octanol–water partition coefficient (Wildman–Crippen LogP) is 2.77. The second-order valence-electron chi connectivity index (χ2n) is 6.79. The van der Waals surface area contributed by atoms with Crippen LogP contribution < -0.4 is 10.2 Å². The maximum atomic E-state index is 12.2. The SMILES string of the molecule is O=C(NCCCN1CCN(c2ccncc2)CC1)c1cc2ccccc2o1. The first-order valence-electron chi connectivity index (χ1n) is 9.44. The fourth-order valence-corrected chi connectivity index (χ4v) is 3.47. The number of benzene rings is 1. The largest absolute Gasteiger partial charge is 0.451 e. The van der Waals surface area contributed by atoms with E-state index in [1.165, 1.54) is 5.69 Å². The Bertz CT molecular complexity index is 852.